The van der Waals surface area contributed by atoms with Crippen molar-refractivity contribution in [2.24, 2.45) is 0 Å². The van der Waals surface area contributed by atoms with Gasteiger partial charge in [-0.3, -0.25) is 14.7 Å². The average Bonchev–Trinajstić information content (AvgIpc) is 2.60. The number of para-hydroxylation sites is 1. The fourth-order valence-electron chi connectivity index (χ4n) is 3.37. The van der Waals surface area contributed by atoms with Crippen LogP contribution in [0.5, 0.6) is 0 Å². The Bertz CT molecular complexity index is 704. The molecule has 0 aliphatic carbocycles. The number of aliphatic hydroxyl groups is 1. The molecule has 0 radical (unpaired) electrons. The van der Waals surface area contributed by atoms with Crippen LogP contribution in [0, 0.1) is 0 Å². The normalized spacial score (nSPS) is 18.9. The number of amides is 1. The number of hydrogen-bond donors (Lipinski definition) is 1. The summed E-state index contributed by atoms with van der Waals surface area (Å²) in [7, 11) is 0. The third-order valence-corrected chi connectivity index (χ3v) is 4.70. The van der Waals surface area contributed by atoms with Crippen LogP contribution >= 0.6 is 0 Å². The molecule has 1 atom stereocenters. The van der Waals surface area contributed by atoms with Gasteiger partial charge in [-0.2, -0.15) is 0 Å². The van der Waals surface area contributed by atoms with Crippen LogP contribution in [0.25, 0.3) is 10.9 Å². The van der Waals surface area contributed by atoms with E-state index in [0.717, 1.165) is 36.2 Å². The summed E-state index contributed by atoms with van der Waals surface area (Å²) in [6.45, 7) is 5.36. The maximum Gasteiger partial charge on any atom is 0.223 e. The van der Waals surface area contributed by atoms with Gasteiger partial charge in [-0.05, 0) is 25.5 Å². The first-order chi connectivity index (χ1) is 11.7. The summed E-state index contributed by atoms with van der Waals surface area (Å²) in [5, 5.41) is 10.2. The van der Waals surface area contributed by atoms with E-state index in [9.17, 15) is 4.79 Å². The Morgan fingerprint density at radius 3 is 2.88 bits per heavy atom. The third-order valence-electron chi connectivity index (χ3n) is 4.70. The standard InChI is InChI=1S/C19H25N3O2/c1-15-14-21(12-13-23)10-11-22(15)19(24)9-8-17-7-6-16-4-2-3-5-18(16)20-17/h2-7,15,23H,8-14H2,1H3. The van der Waals surface area contributed by atoms with E-state index >= 15 is 0 Å². The highest BCUT2D eigenvalue weighted by atomic mass is 16.3. The Balaban J connectivity index is 1.56. The number of piperazine rings is 1. The monoisotopic (exact) mass is 327 g/mol. The number of carbonyl (C=O) groups excluding carboxylic acids is 1. The van der Waals surface area contributed by atoms with Gasteiger partial charge in [0.2, 0.25) is 5.91 Å². The molecule has 0 spiro atoms. The molecule has 1 unspecified atom stereocenters. The van der Waals surface area contributed by atoms with Crippen LogP contribution in [0.15, 0.2) is 36.4 Å². The van der Waals surface area contributed by atoms with E-state index in [0.29, 0.717) is 19.4 Å². The van der Waals surface area contributed by atoms with Crippen molar-refractivity contribution in [3.63, 3.8) is 0 Å². The number of aryl methyl sites for hydroxylation is 1. The molecule has 5 heteroatoms. The summed E-state index contributed by atoms with van der Waals surface area (Å²) >= 11 is 0. The highest BCUT2D eigenvalue weighted by Gasteiger charge is 2.26. The second kappa shape index (κ2) is 7.73. The van der Waals surface area contributed by atoms with Gasteiger partial charge in [0.15, 0.2) is 0 Å². The molecule has 1 aliphatic heterocycles. The lowest BCUT2D eigenvalue weighted by Gasteiger charge is -2.39. The zero-order chi connectivity index (χ0) is 16.9. The summed E-state index contributed by atoms with van der Waals surface area (Å²) in [5.41, 5.74) is 1.95. The Kier molecular flexibility index (Phi) is 5.43. The van der Waals surface area contributed by atoms with Crippen LogP contribution in [-0.2, 0) is 11.2 Å². The van der Waals surface area contributed by atoms with Crippen molar-refractivity contribution in [1.82, 2.24) is 14.8 Å². The van der Waals surface area contributed by atoms with Crippen LogP contribution in [0.2, 0.25) is 0 Å². The number of nitrogens with zero attached hydrogens (tertiary/aromatic N) is 3. The summed E-state index contributed by atoms with van der Waals surface area (Å²) in [6, 6.07) is 12.3. The number of fused-ring (bicyclic) bond motifs is 1. The predicted molar refractivity (Wildman–Crippen MR) is 94.8 cm³/mol. The highest BCUT2D eigenvalue weighted by molar-refractivity contribution is 5.79. The maximum atomic E-state index is 12.5. The van der Waals surface area contributed by atoms with E-state index < -0.39 is 0 Å². The topological polar surface area (TPSA) is 56.7 Å². The fraction of sp³-hybridized carbons (Fsp3) is 0.474. The number of hydrogen-bond acceptors (Lipinski definition) is 4. The number of carbonyl (C=O) groups is 1. The largest absolute Gasteiger partial charge is 0.395 e. The fourth-order valence-corrected chi connectivity index (χ4v) is 3.37. The first kappa shape index (κ1) is 16.9. The number of aliphatic hydroxyl groups excluding tert-OH is 1. The zero-order valence-electron chi connectivity index (χ0n) is 14.2. The van der Waals surface area contributed by atoms with Crippen molar-refractivity contribution in [2.75, 3.05) is 32.8 Å². The van der Waals surface area contributed by atoms with Crippen LogP contribution in [0.1, 0.15) is 19.0 Å². The molecule has 2 aromatic rings. The molecule has 1 aromatic carbocycles. The number of rotatable bonds is 5. The minimum Gasteiger partial charge on any atom is -0.395 e. The predicted octanol–water partition coefficient (Wildman–Crippen LogP) is 1.69. The molecule has 2 heterocycles. The molecule has 1 N–H and O–H groups in total. The highest BCUT2D eigenvalue weighted by Crippen LogP contribution is 2.15. The van der Waals surface area contributed by atoms with Gasteiger partial charge in [-0.1, -0.05) is 24.3 Å². The van der Waals surface area contributed by atoms with Crippen molar-refractivity contribution < 1.29 is 9.90 Å². The molecule has 3 rings (SSSR count). The average molecular weight is 327 g/mol. The minimum absolute atomic E-state index is 0.175. The van der Waals surface area contributed by atoms with Crippen molar-refractivity contribution >= 4 is 16.8 Å². The van der Waals surface area contributed by atoms with E-state index in [-0.39, 0.29) is 18.6 Å². The molecule has 24 heavy (non-hydrogen) atoms. The molecule has 0 bridgehead atoms. The van der Waals surface area contributed by atoms with Crippen LogP contribution < -0.4 is 0 Å². The molecule has 1 saturated heterocycles. The molecular formula is C19H25N3O2. The summed E-state index contributed by atoms with van der Waals surface area (Å²) in [5.74, 6) is 0.195. The minimum atomic E-state index is 0.175. The van der Waals surface area contributed by atoms with Gasteiger partial charge in [-0.15, -0.1) is 0 Å². The Labute approximate surface area is 142 Å². The van der Waals surface area contributed by atoms with Gasteiger partial charge in [0.05, 0.1) is 12.1 Å². The molecular weight excluding hydrogens is 302 g/mol. The lowest BCUT2D eigenvalue weighted by atomic mass is 10.1. The second-order valence-corrected chi connectivity index (χ2v) is 6.46. The van der Waals surface area contributed by atoms with Gasteiger partial charge in [0.1, 0.15) is 0 Å². The third kappa shape index (κ3) is 3.91. The van der Waals surface area contributed by atoms with Gasteiger partial charge >= 0.3 is 0 Å². The lowest BCUT2D eigenvalue weighted by molar-refractivity contribution is -0.135. The van der Waals surface area contributed by atoms with Crippen LogP contribution in [0.3, 0.4) is 0 Å². The lowest BCUT2D eigenvalue weighted by Crippen LogP contribution is -2.54. The molecule has 1 fully saturated rings. The molecule has 0 saturated carbocycles. The number of pyridine rings is 1. The molecule has 5 nitrogen and oxygen atoms in total. The number of benzene rings is 1. The van der Waals surface area contributed by atoms with Crippen LogP contribution in [-0.4, -0.2) is 64.6 Å². The number of aromatic nitrogens is 1. The number of β-amino-alcohol motifs (C(OH)–C–C–N with tert-alkyl or cyclic N) is 1. The second-order valence-electron chi connectivity index (χ2n) is 6.46. The molecule has 128 valence electrons. The summed E-state index contributed by atoms with van der Waals surface area (Å²) in [4.78, 5) is 21.4. The summed E-state index contributed by atoms with van der Waals surface area (Å²) in [6.07, 6.45) is 1.17. The molecule has 1 aromatic heterocycles. The molecule has 1 aliphatic rings. The van der Waals surface area contributed by atoms with Crippen molar-refractivity contribution in [3.05, 3.63) is 42.1 Å². The van der Waals surface area contributed by atoms with Gasteiger partial charge in [0.25, 0.3) is 0 Å². The van der Waals surface area contributed by atoms with Gasteiger partial charge < -0.3 is 10.0 Å². The SMILES string of the molecule is CC1CN(CCO)CCN1C(=O)CCc1ccc2ccccc2n1. The van der Waals surface area contributed by atoms with Crippen molar-refractivity contribution in [3.8, 4) is 0 Å². The Hall–Kier alpha value is -1.98. The maximum absolute atomic E-state index is 12.5. The van der Waals surface area contributed by atoms with E-state index in [2.05, 4.69) is 22.9 Å². The van der Waals surface area contributed by atoms with E-state index in [1.54, 1.807) is 0 Å². The Morgan fingerprint density at radius 2 is 2.08 bits per heavy atom. The van der Waals surface area contributed by atoms with E-state index in [1.807, 2.05) is 35.2 Å². The first-order valence-corrected chi connectivity index (χ1v) is 8.65. The van der Waals surface area contributed by atoms with E-state index in [1.165, 1.54) is 0 Å². The van der Waals surface area contributed by atoms with Crippen molar-refractivity contribution in [2.45, 2.75) is 25.8 Å². The first-order valence-electron chi connectivity index (χ1n) is 8.65. The zero-order valence-corrected chi connectivity index (χ0v) is 14.2. The smallest absolute Gasteiger partial charge is 0.223 e. The quantitative estimate of drug-likeness (QED) is 0.908. The van der Waals surface area contributed by atoms with E-state index in [4.69, 9.17) is 5.11 Å². The molecule has 1 amide bonds. The van der Waals surface area contributed by atoms with Gasteiger partial charge in [-0.25, -0.2) is 0 Å². The van der Waals surface area contributed by atoms with Crippen LogP contribution in [0.4, 0.5) is 0 Å². The summed E-state index contributed by atoms with van der Waals surface area (Å²) < 4.78 is 0. The van der Waals surface area contributed by atoms with Crippen molar-refractivity contribution in [1.29, 1.82) is 0 Å². The Morgan fingerprint density at radius 1 is 1.25 bits per heavy atom. The van der Waals surface area contributed by atoms with Gasteiger partial charge in [0, 0.05) is 49.7 Å².